The second-order valence-corrected chi connectivity index (χ2v) is 5.36. The highest BCUT2D eigenvalue weighted by atomic mass is 19.1. The average molecular weight is 283 g/mol. The second-order valence-electron chi connectivity index (χ2n) is 5.36. The van der Waals surface area contributed by atoms with Crippen molar-refractivity contribution < 1.29 is 18.7 Å². The quantitative estimate of drug-likeness (QED) is 0.921. The van der Waals surface area contributed by atoms with Gasteiger partial charge in [0.2, 0.25) is 0 Å². The molecule has 5 heteroatoms. The second kappa shape index (κ2) is 6.31. The van der Waals surface area contributed by atoms with Gasteiger partial charge in [-0.1, -0.05) is 6.42 Å². The Hall–Kier alpha value is -1.49. The van der Waals surface area contributed by atoms with Gasteiger partial charge in [-0.05, 0) is 44.0 Å². The van der Waals surface area contributed by atoms with E-state index >= 15 is 0 Å². The zero-order valence-electron chi connectivity index (χ0n) is 11.5. The van der Waals surface area contributed by atoms with E-state index in [9.17, 15) is 13.6 Å². The van der Waals surface area contributed by atoms with Crippen molar-refractivity contribution in [3.8, 4) is 0 Å². The fourth-order valence-electron chi connectivity index (χ4n) is 2.96. The summed E-state index contributed by atoms with van der Waals surface area (Å²) in [5.41, 5.74) is 0.555. The van der Waals surface area contributed by atoms with Crippen molar-refractivity contribution in [1.29, 1.82) is 0 Å². The molecule has 1 aromatic rings. The number of rotatable bonds is 4. The van der Waals surface area contributed by atoms with Crippen molar-refractivity contribution in [3.63, 3.8) is 0 Å². The molecule has 1 N–H and O–H groups in total. The molecule has 3 nitrogen and oxygen atoms in total. The summed E-state index contributed by atoms with van der Waals surface area (Å²) in [6.45, 7) is 2.63. The lowest BCUT2D eigenvalue weighted by Gasteiger charge is -2.39. The molecule has 0 aliphatic carbocycles. The van der Waals surface area contributed by atoms with Crippen molar-refractivity contribution in [1.82, 2.24) is 4.90 Å². The molecule has 1 aromatic carbocycles. The molecule has 1 aliphatic heterocycles. The van der Waals surface area contributed by atoms with Gasteiger partial charge in [0.15, 0.2) is 0 Å². The highest BCUT2D eigenvalue weighted by Crippen LogP contribution is 2.30. The summed E-state index contributed by atoms with van der Waals surface area (Å²) in [7, 11) is 0. The van der Waals surface area contributed by atoms with E-state index in [1.165, 1.54) is 12.1 Å². The third kappa shape index (κ3) is 3.54. The van der Waals surface area contributed by atoms with Crippen LogP contribution < -0.4 is 0 Å². The van der Waals surface area contributed by atoms with Gasteiger partial charge in [0, 0.05) is 18.2 Å². The van der Waals surface area contributed by atoms with Crippen LogP contribution in [0.2, 0.25) is 0 Å². The molecule has 1 fully saturated rings. The smallest absolute Gasteiger partial charge is 0.304 e. The van der Waals surface area contributed by atoms with E-state index in [2.05, 4.69) is 0 Å². The summed E-state index contributed by atoms with van der Waals surface area (Å²) in [5.74, 6) is -2.03. The van der Waals surface area contributed by atoms with E-state index in [0.29, 0.717) is 5.56 Å². The monoisotopic (exact) mass is 283 g/mol. The number of hydrogen-bond acceptors (Lipinski definition) is 2. The van der Waals surface area contributed by atoms with Crippen LogP contribution in [0.1, 0.15) is 44.2 Å². The maximum atomic E-state index is 13.3. The van der Waals surface area contributed by atoms with E-state index < -0.39 is 17.6 Å². The third-order valence-corrected chi connectivity index (χ3v) is 3.95. The third-order valence-electron chi connectivity index (χ3n) is 3.95. The first kappa shape index (κ1) is 14.9. The number of carbonyl (C=O) groups is 1. The first-order valence-corrected chi connectivity index (χ1v) is 6.91. The Kier molecular flexibility index (Phi) is 4.70. The number of carboxylic acid groups (broad SMARTS) is 1. The van der Waals surface area contributed by atoms with Crippen molar-refractivity contribution >= 4 is 5.97 Å². The maximum absolute atomic E-state index is 13.3. The lowest BCUT2D eigenvalue weighted by Crippen LogP contribution is -2.42. The van der Waals surface area contributed by atoms with Crippen molar-refractivity contribution in [2.45, 2.75) is 44.7 Å². The average Bonchev–Trinajstić information content (AvgIpc) is 2.36. The standard InChI is InChI=1S/C15H19F2NO2/c1-10(11-6-12(16)8-13(17)7-11)18-5-3-2-4-14(18)9-15(19)20/h6-8,10,14H,2-5,9H2,1H3,(H,19,20). The SMILES string of the molecule is CC(c1cc(F)cc(F)c1)N1CCCCC1CC(=O)O. The van der Waals surface area contributed by atoms with Crippen molar-refractivity contribution in [2.75, 3.05) is 6.54 Å². The molecular formula is C15H19F2NO2. The fourth-order valence-corrected chi connectivity index (χ4v) is 2.96. The van der Waals surface area contributed by atoms with Crippen LogP contribution in [0, 0.1) is 11.6 Å². The van der Waals surface area contributed by atoms with Crippen LogP contribution in [0.25, 0.3) is 0 Å². The molecule has 2 atom stereocenters. The summed E-state index contributed by atoms with van der Waals surface area (Å²) in [6.07, 6.45) is 2.87. The number of nitrogens with zero attached hydrogens (tertiary/aromatic N) is 1. The Bertz CT molecular complexity index is 473. The Morgan fingerprint density at radius 2 is 2.00 bits per heavy atom. The van der Waals surface area contributed by atoms with Crippen LogP contribution >= 0.6 is 0 Å². The minimum Gasteiger partial charge on any atom is -0.481 e. The Labute approximate surface area is 117 Å². The van der Waals surface area contributed by atoms with Gasteiger partial charge in [-0.15, -0.1) is 0 Å². The lowest BCUT2D eigenvalue weighted by molar-refractivity contribution is -0.139. The molecule has 110 valence electrons. The van der Waals surface area contributed by atoms with Crippen LogP contribution in [0.4, 0.5) is 8.78 Å². The van der Waals surface area contributed by atoms with Gasteiger partial charge in [-0.3, -0.25) is 9.69 Å². The molecule has 0 aromatic heterocycles. The predicted octanol–water partition coefficient (Wildman–Crippen LogP) is 3.36. The molecule has 0 bridgehead atoms. The van der Waals surface area contributed by atoms with E-state index in [1.54, 1.807) is 0 Å². The molecule has 0 saturated carbocycles. The highest BCUT2D eigenvalue weighted by molar-refractivity contribution is 5.67. The number of likely N-dealkylation sites (tertiary alicyclic amines) is 1. The van der Waals surface area contributed by atoms with Crippen molar-refractivity contribution in [2.24, 2.45) is 0 Å². The predicted molar refractivity (Wildman–Crippen MR) is 71.4 cm³/mol. The van der Waals surface area contributed by atoms with Gasteiger partial charge in [0.05, 0.1) is 6.42 Å². The van der Waals surface area contributed by atoms with E-state index in [0.717, 1.165) is 31.9 Å². The first-order chi connectivity index (χ1) is 9.47. The molecule has 0 radical (unpaired) electrons. The molecule has 1 saturated heterocycles. The van der Waals surface area contributed by atoms with Crippen LogP contribution in [0.15, 0.2) is 18.2 Å². The summed E-state index contributed by atoms with van der Waals surface area (Å²) in [6, 6.07) is 3.23. The number of halogens is 2. The molecular weight excluding hydrogens is 264 g/mol. The molecule has 2 unspecified atom stereocenters. The number of hydrogen-bond donors (Lipinski definition) is 1. The molecule has 1 heterocycles. The van der Waals surface area contributed by atoms with Crippen LogP contribution in [-0.4, -0.2) is 28.6 Å². The normalized spacial score (nSPS) is 21.6. The lowest BCUT2D eigenvalue weighted by atomic mass is 9.95. The molecule has 2 rings (SSSR count). The highest BCUT2D eigenvalue weighted by Gasteiger charge is 2.29. The number of benzene rings is 1. The molecule has 0 amide bonds. The summed E-state index contributed by atoms with van der Waals surface area (Å²) >= 11 is 0. The van der Waals surface area contributed by atoms with Gasteiger partial charge in [0.25, 0.3) is 0 Å². The molecule has 1 aliphatic rings. The Balaban J connectivity index is 2.20. The number of piperidine rings is 1. The number of aliphatic carboxylic acids is 1. The molecule has 20 heavy (non-hydrogen) atoms. The summed E-state index contributed by atoms with van der Waals surface area (Å²) < 4.78 is 26.6. The van der Waals surface area contributed by atoms with Crippen molar-refractivity contribution in [3.05, 3.63) is 35.4 Å². The van der Waals surface area contributed by atoms with E-state index in [-0.39, 0.29) is 18.5 Å². The van der Waals surface area contributed by atoms with E-state index in [1.807, 2.05) is 11.8 Å². The maximum Gasteiger partial charge on any atom is 0.304 e. The van der Waals surface area contributed by atoms with Crippen LogP contribution in [0.3, 0.4) is 0 Å². The largest absolute Gasteiger partial charge is 0.481 e. The van der Waals surface area contributed by atoms with Gasteiger partial charge >= 0.3 is 5.97 Å². The first-order valence-electron chi connectivity index (χ1n) is 6.91. The topological polar surface area (TPSA) is 40.5 Å². The summed E-state index contributed by atoms with van der Waals surface area (Å²) in [4.78, 5) is 13.0. The van der Waals surface area contributed by atoms with Crippen LogP contribution in [-0.2, 0) is 4.79 Å². The Morgan fingerprint density at radius 1 is 1.35 bits per heavy atom. The van der Waals surface area contributed by atoms with Gasteiger partial charge in [-0.2, -0.15) is 0 Å². The minimum atomic E-state index is -0.834. The number of carboxylic acids is 1. The van der Waals surface area contributed by atoms with Gasteiger partial charge in [0.1, 0.15) is 11.6 Å². The van der Waals surface area contributed by atoms with Gasteiger partial charge < -0.3 is 5.11 Å². The Morgan fingerprint density at radius 3 is 2.60 bits per heavy atom. The van der Waals surface area contributed by atoms with Crippen LogP contribution in [0.5, 0.6) is 0 Å². The molecule has 0 spiro atoms. The zero-order chi connectivity index (χ0) is 14.7. The van der Waals surface area contributed by atoms with Gasteiger partial charge in [-0.25, -0.2) is 8.78 Å². The zero-order valence-corrected chi connectivity index (χ0v) is 11.5. The van der Waals surface area contributed by atoms with E-state index in [4.69, 9.17) is 5.11 Å². The fraction of sp³-hybridized carbons (Fsp3) is 0.533. The summed E-state index contributed by atoms with van der Waals surface area (Å²) in [5, 5.41) is 8.98. The minimum absolute atomic E-state index is 0.0671.